The minimum absolute atomic E-state index is 0.235. The van der Waals surface area contributed by atoms with Crippen molar-refractivity contribution < 1.29 is 8.78 Å². The van der Waals surface area contributed by atoms with Crippen LogP contribution in [0.3, 0.4) is 0 Å². The molecule has 0 amide bonds. The Morgan fingerprint density at radius 3 is 1.72 bits per heavy atom. The van der Waals surface area contributed by atoms with E-state index in [1.54, 1.807) is 12.1 Å². The van der Waals surface area contributed by atoms with Crippen molar-refractivity contribution in [3.63, 3.8) is 0 Å². The molecule has 0 bridgehead atoms. The smallest absolute Gasteiger partial charge is 0.123 e. The van der Waals surface area contributed by atoms with Crippen LogP contribution in [0.2, 0.25) is 0 Å². The molecule has 0 aromatic heterocycles. The molecule has 0 fully saturated rings. The lowest BCUT2D eigenvalue weighted by atomic mass is 9.69. The van der Waals surface area contributed by atoms with E-state index >= 15 is 0 Å². The molecule has 2 aromatic rings. The summed E-state index contributed by atoms with van der Waals surface area (Å²) in [5.74, 6) is -0.469. The first kappa shape index (κ1) is 11.4. The highest BCUT2D eigenvalue weighted by Gasteiger charge is 2.32. The molecule has 18 heavy (non-hydrogen) atoms. The van der Waals surface area contributed by atoms with Crippen LogP contribution in [-0.2, 0) is 11.8 Å². The van der Waals surface area contributed by atoms with Crippen LogP contribution < -0.4 is 0 Å². The Kier molecular flexibility index (Phi) is 2.31. The maximum Gasteiger partial charge on any atom is 0.123 e. The zero-order valence-electron chi connectivity index (χ0n) is 10.4. The SMILES string of the molecule is CC1(C)c2cc(F)ccc2Cc2ccc(F)cc21. The molecule has 2 aromatic carbocycles. The van der Waals surface area contributed by atoms with Crippen LogP contribution in [0, 0.1) is 11.6 Å². The highest BCUT2D eigenvalue weighted by molar-refractivity contribution is 5.52. The maximum atomic E-state index is 13.4. The van der Waals surface area contributed by atoms with Crippen LogP contribution in [0.5, 0.6) is 0 Å². The van der Waals surface area contributed by atoms with Gasteiger partial charge in [0.05, 0.1) is 0 Å². The topological polar surface area (TPSA) is 0 Å². The van der Waals surface area contributed by atoms with Crippen molar-refractivity contribution in [1.29, 1.82) is 0 Å². The molecule has 1 aliphatic rings. The standard InChI is InChI=1S/C16H14F2/c1-16(2)14-8-12(17)5-3-10(14)7-11-4-6-13(18)9-15(11)16/h3-6,8-9H,7H2,1-2H3. The normalized spacial score (nSPS) is 16.0. The average Bonchev–Trinajstić information content (AvgIpc) is 2.32. The third kappa shape index (κ3) is 1.56. The van der Waals surface area contributed by atoms with E-state index in [0.717, 1.165) is 28.7 Å². The lowest BCUT2D eigenvalue weighted by Crippen LogP contribution is -2.27. The highest BCUT2D eigenvalue weighted by atomic mass is 19.1. The van der Waals surface area contributed by atoms with Gasteiger partial charge >= 0.3 is 0 Å². The van der Waals surface area contributed by atoms with Crippen LogP contribution in [0.1, 0.15) is 36.1 Å². The first-order valence-corrected chi connectivity index (χ1v) is 6.06. The van der Waals surface area contributed by atoms with Crippen LogP contribution in [0.15, 0.2) is 36.4 Å². The lowest BCUT2D eigenvalue weighted by molar-refractivity contribution is 0.570. The molecule has 0 aliphatic heterocycles. The van der Waals surface area contributed by atoms with Crippen molar-refractivity contribution in [2.45, 2.75) is 25.7 Å². The number of halogens is 2. The van der Waals surface area contributed by atoms with E-state index in [9.17, 15) is 8.78 Å². The Morgan fingerprint density at radius 2 is 1.28 bits per heavy atom. The molecule has 0 atom stereocenters. The molecule has 0 nitrogen and oxygen atoms in total. The van der Waals surface area contributed by atoms with Gasteiger partial charge in [-0.3, -0.25) is 0 Å². The second-order valence-electron chi connectivity index (χ2n) is 5.40. The van der Waals surface area contributed by atoms with Gasteiger partial charge in [0, 0.05) is 5.41 Å². The minimum atomic E-state index is -0.354. The van der Waals surface area contributed by atoms with Gasteiger partial charge < -0.3 is 0 Å². The van der Waals surface area contributed by atoms with E-state index < -0.39 is 0 Å². The number of benzene rings is 2. The Labute approximate surface area is 105 Å². The predicted molar refractivity (Wildman–Crippen MR) is 67.7 cm³/mol. The quantitative estimate of drug-likeness (QED) is 0.651. The van der Waals surface area contributed by atoms with Crippen molar-refractivity contribution in [1.82, 2.24) is 0 Å². The minimum Gasteiger partial charge on any atom is -0.207 e. The molecular formula is C16H14F2. The van der Waals surface area contributed by atoms with Crippen LogP contribution in [-0.4, -0.2) is 0 Å². The molecule has 1 aliphatic carbocycles. The van der Waals surface area contributed by atoms with Crippen molar-refractivity contribution in [3.8, 4) is 0 Å². The summed E-state index contributed by atoms with van der Waals surface area (Å²) in [5, 5.41) is 0. The Bertz CT molecular complexity index is 573. The molecule has 0 spiro atoms. The summed E-state index contributed by atoms with van der Waals surface area (Å²) >= 11 is 0. The summed E-state index contributed by atoms with van der Waals surface area (Å²) in [5.41, 5.74) is 3.81. The molecule has 3 rings (SSSR count). The van der Waals surface area contributed by atoms with Gasteiger partial charge in [0.1, 0.15) is 11.6 Å². The van der Waals surface area contributed by atoms with Crippen molar-refractivity contribution in [2.24, 2.45) is 0 Å². The van der Waals surface area contributed by atoms with E-state index in [2.05, 4.69) is 0 Å². The molecule has 0 unspecified atom stereocenters. The average molecular weight is 244 g/mol. The maximum absolute atomic E-state index is 13.4. The molecule has 0 heterocycles. The van der Waals surface area contributed by atoms with E-state index in [-0.39, 0.29) is 17.0 Å². The molecule has 0 radical (unpaired) electrons. The van der Waals surface area contributed by atoms with E-state index in [1.165, 1.54) is 12.1 Å². The Balaban J connectivity index is 2.27. The number of hydrogen-bond acceptors (Lipinski definition) is 0. The van der Waals surface area contributed by atoms with Crippen molar-refractivity contribution in [3.05, 3.63) is 70.3 Å². The number of hydrogen-bond donors (Lipinski definition) is 0. The van der Waals surface area contributed by atoms with Gasteiger partial charge in [0.2, 0.25) is 0 Å². The Hall–Kier alpha value is -1.70. The fourth-order valence-electron chi connectivity index (χ4n) is 2.92. The summed E-state index contributed by atoms with van der Waals surface area (Å²) in [7, 11) is 0. The van der Waals surface area contributed by atoms with Crippen LogP contribution in [0.25, 0.3) is 0 Å². The fourth-order valence-corrected chi connectivity index (χ4v) is 2.92. The second kappa shape index (κ2) is 3.64. The largest absolute Gasteiger partial charge is 0.207 e. The van der Waals surface area contributed by atoms with E-state index in [0.29, 0.717) is 0 Å². The van der Waals surface area contributed by atoms with Crippen LogP contribution >= 0.6 is 0 Å². The molecule has 0 N–H and O–H groups in total. The van der Waals surface area contributed by atoms with Gasteiger partial charge in [0.25, 0.3) is 0 Å². The number of rotatable bonds is 0. The van der Waals surface area contributed by atoms with Crippen molar-refractivity contribution in [2.75, 3.05) is 0 Å². The van der Waals surface area contributed by atoms with Gasteiger partial charge in [-0.2, -0.15) is 0 Å². The van der Waals surface area contributed by atoms with Gasteiger partial charge in [0.15, 0.2) is 0 Å². The first-order chi connectivity index (χ1) is 8.48. The van der Waals surface area contributed by atoms with Crippen molar-refractivity contribution >= 4 is 0 Å². The van der Waals surface area contributed by atoms with E-state index in [1.807, 2.05) is 26.0 Å². The summed E-state index contributed by atoms with van der Waals surface area (Å²) in [6.45, 7) is 4.03. The predicted octanol–water partition coefficient (Wildman–Crippen LogP) is 4.19. The first-order valence-electron chi connectivity index (χ1n) is 6.06. The number of fused-ring (bicyclic) bond motifs is 2. The molecule has 0 saturated carbocycles. The highest BCUT2D eigenvalue weighted by Crippen LogP contribution is 2.41. The third-order valence-corrected chi connectivity index (χ3v) is 3.87. The zero-order valence-corrected chi connectivity index (χ0v) is 10.4. The summed E-state index contributed by atoms with van der Waals surface area (Å²) in [6, 6.07) is 9.79. The van der Waals surface area contributed by atoms with Gasteiger partial charge in [-0.1, -0.05) is 26.0 Å². The van der Waals surface area contributed by atoms with Gasteiger partial charge in [-0.15, -0.1) is 0 Å². The summed E-state index contributed by atoms with van der Waals surface area (Å²) < 4.78 is 26.8. The summed E-state index contributed by atoms with van der Waals surface area (Å²) in [6.07, 6.45) is 0.745. The lowest BCUT2D eigenvalue weighted by Gasteiger charge is -2.35. The zero-order chi connectivity index (χ0) is 12.9. The third-order valence-electron chi connectivity index (χ3n) is 3.87. The monoisotopic (exact) mass is 244 g/mol. The van der Waals surface area contributed by atoms with Gasteiger partial charge in [-0.25, -0.2) is 8.78 Å². The Morgan fingerprint density at radius 1 is 0.833 bits per heavy atom. The molecular weight excluding hydrogens is 230 g/mol. The van der Waals surface area contributed by atoms with Gasteiger partial charge in [-0.05, 0) is 52.9 Å². The molecule has 0 saturated heterocycles. The molecule has 2 heteroatoms. The van der Waals surface area contributed by atoms with E-state index in [4.69, 9.17) is 0 Å². The second-order valence-corrected chi connectivity index (χ2v) is 5.40. The molecule has 92 valence electrons. The summed E-state index contributed by atoms with van der Waals surface area (Å²) in [4.78, 5) is 0. The fraction of sp³-hybridized carbons (Fsp3) is 0.250. The van der Waals surface area contributed by atoms with Crippen LogP contribution in [0.4, 0.5) is 8.78 Å².